The number of fused-ring (bicyclic) bond motifs is 1. The summed E-state index contributed by atoms with van der Waals surface area (Å²) >= 11 is 0. The molecule has 0 spiro atoms. The van der Waals surface area contributed by atoms with Gasteiger partial charge >= 0.3 is 0 Å². The molecule has 15 atom stereocenters. The zero-order valence-corrected chi connectivity index (χ0v) is 27.5. The molecule has 0 bridgehead atoms. The summed E-state index contributed by atoms with van der Waals surface area (Å²) in [6, 6.07) is 7.38. The minimum Gasteiger partial charge on any atom is -0.508 e. The maximum Gasteiger partial charge on any atom is 0.239 e. The number of phenols is 2. The zero-order valence-electron chi connectivity index (χ0n) is 27.5. The molecule has 4 heterocycles. The average molecular weight is 741 g/mol. The van der Waals surface area contributed by atoms with E-state index in [1.807, 2.05) is 0 Å². The van der Waals surface area contributed by atoms with Gasteiger partial charge in [-0.05, 0) is 38.1 Å². The van der Waals surface area contributed by atoms with Crippen molar-refractivity contribution < 1.29 is 89.0 Å². The monoisotopic (exact) mass is 740 g/mol. The van der Waals surface area contributed by atoms with E-state index in [1.54, 1.807) is 0 Å². The fourth-order valence-corrected chi connectivity index (χ4v) is 6.09. The van der Waals surface area contributed by atoms with Crippen molar-refractivity contribution in [3.63, 3.8) is 0 Å². The van der Waals surface area contributed by atoms with Crippen LogP contribution in [0.3, 0.4) is 0 Å². The maximum atomic E-state index is 14.0. The summed E-state index contributed by atoms with van der Waals surface area (Å²) in [5, 5.41) is 114. The number of ether oxygens (including phenoxy) is 6. The van der Waals surface area contributed by atoms with Gasteiger partial charge in [0.05, 0.1) is 18.8 Å². The molecule has 0 unspecified atom stereocenters. The SMILES string of the molecule is C[C@@H]1O[C@@H](Oc2cc(O)c3c(=O)c(O[C@H]4O[C@@H](CO[C@H]5O[C@H](C)[C@@H](O)[C@H](O)[C@@H]5O)[C@@H](O)[C@@H](O)[C@@H]4O)c(-c4ccc(O)cc4)oc3c2)[C@H](O)[C@H](O)[C@H]1O. The lowest BCUT2D eigenvalue weighted by Gasteiger charge is -2.42. The van der Waals surface area contributed by atoms with Crippen LogP contribution in [-0.4, -0.2) is 155 Å². The molecule has 1 aromatic heterocycles. The van der Waals surface area contributed by atoms with E-state index >= 15 is 0 Å². The highest BCUT2D eigenvalue weighted by Gasteiger charge is 2.48. The molecular weight excluding hydrogens is 700 g/mol. The van der Waals surface area contributed by atoms with Crippen LogP contribution in [0.2, 0.25) is 0 Å². The van der Waals surface area contributed by atoms with Crippen LogP contribution in [0.4, 0.5) is 0 Å². The van der Waals surface area contributed by atoms with Gasteiger partial charge in [-0.25, -0.2) is 0 Å². The van der Waals surface area contributed by atoms with E-state index in [2.05, 4.69) is 0 Å². The second-order valence-electron chi connectivity index (χ2n) is 12.9. The number of benzene rings is 2. The van der Waals surface area contributed by atoms with Crippen LogP contribution in [0, 0.1) is 0 Å². The van der Waals surface area contributed by atoms with Crippen LogP contribution in [0.1, 0.15) is 13.8 Å². The first kappa shape index (κ1) is 38.1. The molecule has 3 fully saturated rings. The zero-order chi connectivity index (χ0) is 37.8. The summed E-state index contributed by atoms with van der Waals surface area (Å²) in [4.78, 5) is 14.0. The quantitative estimate of drug-likeness (QED) is 0.110. The summed E-state index contributed by atoms with van der Waals surface area (Å²) in [5.41, 5.74) is -1.16. The molecule has 0 amide bonds. The number of hydrogen-bond donors (Lipinski definition) is 11. The Kier molecular flexibility index (Phi) is 11.0. The van der Waals surface area contributed by atoms with Gasteiger partial charge in [-0.3, -0.25) is 4.79 Å². The highest BCUT2D eigenvalue weighted by atomic mass is 16.7. The van der Waals surface area contributed by atoms with Gasteiger partial charge < -0.3 is 89.0 Å². The van der Waals surface area contributed by atoms with E-state index in [9.17, 15) is 61.0 Å². The standard InChI is InChI=1S/C33H40O19/c1-10-19(36)23(40)26(43)31(47-10)46-9-17-21(38)25(42)28(45)33(51-17)52-30-22(39)18-15(35)7-14(49-32-27(44)24(41)20(37)11(2)48-32)8-16(18)50-29(30)12-3-5-13(34)6-4-12/h3-8,10-11,17,19-21,23-28,31-38,40-45H,9H2,1-2H3/t10-,11+,17+,19-,20+,21-,23+,24-,25-,26+,27-,28+,31+,32+,33-/m1/s1. The van der Waals surface area contributed by atoms with Gasteiger partial charge in [-0.1, -0.05) is 0 Å². The molecule has 0 aliphatic carbocycles. The number of aromatic hydroxyl groups is 2. The Balaban J connectivity index is 1.32. The second-order valence-corrected chi connectivity index (χ2v) is 12.9. The number of aliphatic hydroxyl groups excluding tert-OH is 9. The first-order valence-corrected chi connectivity index (χ1v) is 16.2. The average Bonchev–Trinajstić information content (AvgIpc) is 3.11. The third kappa shape index (κ3) is 7.16. The number of aliphatic hydroxyl groups is 9. The number of phenolic OH excluding ortho intramolecular Hbond substituents is 2. The second kappa shape index (κ2) is 15.0. The number of hydrogen-bond acceptors (Lipinski definition) is 19. The van der Waals surface area contributed by atoms with Gasteiger partial charge in [-0.15, -0.1) is 0 Å². The fraction of sp³-hybridized carbons (Fsp3) is 0.545. The van der Waals surface area contributed by atoms with E-state index in [-0.39, 0.29) is 28.4 Å². The van der Waals surface area contributed by atoms with Crippen LogP contribution in [-0.2, 0) is 18.9 Å². The summed E-state index contributed by atoms with van der Waals surface area (Å²) in [5.74, 6) is -2.01. The molecule has 3 aliphatic heterocycles. The molecule has 286 valence electrons. The van der Waals surface area contributed by atoms with Crippen LogP contribution >= 0.6 is 0 Å². The lowest BCUT2D eigenvalue weighted by atomic mass is 9.98. The van der Waals surface area contributed by atoms with Crippen molar-refractivity contribution in [3.8, 4) is 34.3 Å². The molecule has 2 aromatic carbocycles. The Morgan fingerprint density at radius 3 is 1.79 bits per heavy atom. The molecule has 11 N–H and O–H groups in total. The minimum absolute atomic E-state index is 0.138. The molecule has 6 rings (SSSR count). The lowest BCUT2D eigenvalue weighted by Crippen LogP contribution is -2.61. The normalized spacial score (nSPS) is 38.2. The van der Waals surface area contributed by atoms with Gasteiger partial charge in [0.1, 0.15) is 89.3 Å². The largest absolute Gasteiger partial charge is 0.508 e. The van der Waals surface area contributed by atoms with Crippen LogP contribution in [0.25, 0.3) is 22.3 Å². The predicted octanol–water partition coefficient (Wildman–Crippen LogP) is -2.89. The Hall–Kier alpha value is -3.67. The third-order valence-corrected chi connectivity index (χ3v) is 9.23. The van der Waals surface area contributed by atoms with Crippen molar-refractivity contribution in [1.29, 1.82) is 0 Å². The van der Waals surface area contributed by atoms with Gasteiger partial charge in [-0.2, -0.15) is 0 Å². The van der Waals surface area contributed by atoms with Gasteiger partial charge in [0.25, 0.3) is 0 Å². The van der Waals surface area contributed by atoms with Gasteiger partial charge in [0.15, 0.2) is 12.1 Å². The van der Waals surface area contributed by atoms with Crippen molar-refractivity contribution in [2.24, 2.45) is 0 Å². The van der Waals surface area contributed by atoms with Gasteiger partial charge in [0, 0.05) is 17.7 Å². The third-order valence-electron chi connectivity index (χ3n) is 9.23. The van der Waals surface area contributed by atoms with Crippen LogP contribution in [0.15, 0.2) is 45.6 Å². The molecule has 19 nitrogen and oxygen atoms in total. The molecular formula is C33H40O19. The highest BCUT2D eigenvalue weighted by Crippen LogP contribution is 2.38. The van der Waals surface area contributed by atoms with Gasteiger partial charge in [0.2, 0.25) is 23.8 Å². The fourth-order valence-electron chi connectivity index (χ4n) is 6.09. The van der Waals surface area contributed by atoms with E-state index in [1.165, 1.54) is 44.2 Å². The molecule has 0 saturated carbocycles. The predicted molar refractivity (Wildman–Crippen MR) is 170 cm³/mol. The van der Waals surface area contributed by atoms with Crippen molar-refractivity contribution in [2.45, 2.75) is 106 Å². The van der Waals surface area contributed by atoms with E-state index in [0.717, 1.165) is 6.07 Å². The molecule has 3 aromatic rings. The maximum absolute atomic E-state index is 14.0. The van der Waals surface area contributed by atoms with E-state index in [4.69, 9.17) is 32.8 Å². The Labute approximate surface area is 293 Å². The molecule has 3 saturated heterocycles. The summed E-state index contributed by atoms with van der Waals surface area (Å²) in [7, 11) is 0. The van der Waals surface area contributed by atoms with Crippen molar-refractivity contribution in [1.82, 2.24) is 0 Å². The minimum atomic E-state index is -1.98. The Morgan fingerprint density at radius 2 is 1.17 bits per heavy atom. The molecule has 19 heteroatoms. The summed E-state index contributed by atoms with van der Waals surface area (Å²) in [6.45, 7) is 2.25. The first-order chi connectivity index (χ1) is 24.6. The van der Waals surface area contributed by atoms with E-state index in [0.29, 0.717) is 0 Å². The summed E-state index contributed by atoms with van der Waals surface area (Å²) in [6.07, 6.45) is -23.5. The van der Waals surface area contributed by atoms with Crippen LogP contribution in [0.5, 0.6) is 23.0 Å². The Bertz CT molecular complexity index is 1770. The Morgan fingerprint density at radius 1 is 0.635 bits per heavy atom. The highest BCUT2D eigenvalue weighted by molar-refractivity contribution is 5.88. The van der Waals surface area contributed by atoms with Crippen LogP contribution < -0.4 is 14.9 Å². The van der Waals surface area contributed by atoms with Crippen molar-refractivity contribution in [3.05, 3.63) is 46.6 Å². The van der Waals surface area contributed by atoms with E-state index < -0.39 is 121 Å². The summed E-state index contributed by atoms with van der Waals surface area (Å²) < 4.78 is 39.5. The topological polar surface area (TPSA) is 308 Å². The molecule has 3 aliphatic rings. The first-order valence-electron chi connectivity index (χ1n) is 16.2. The van der Waals surface area contributed by atoms with Crippen molar-refractivity contribution >= 4 is 11.0 Å². The van der Waals surface area contributed by atoms with Crippen molar-refractivity contribution in [2.75, 3.05) is 6.61 Å². The smallest absolute Gasteiger partial charge is 0.239 e. The molecule has 0 radical (unpaired) electrons. The number of rotatable bonds is 8. The lowest BCUT2D eigenvalue weighted by molar-refractivity contribution is -0.318. The molecule has 52 heavy (non-hydrogen) atoms.